The second-order valence-corrected chi connectivity index (χ2v) is 6.30. The summed E-state index contributed by atoms with van der Waals surface area (Å²) in [5.74, 6) is 7.84. The van der Waals surface area contributed by atoms with Crippen LogP contribution in [0.1, 0.15) is 38.2 Å². The molecule has 22 heavy (non-hydrogen) atoms. The maximum absolute atomic E-state index is 10.3. The Morgan fingerprint density at radius 1 is 1.23 bits per heavy atom. The molecule has 3 heterocycles. The Labute approximate surface area is 133 Å². The molecule has 118 valence electrons. The highest BCUT2D eigenvalue weighted by molar-refractivity contribution is 5.39. The molecule has 0 amide bonds. The van der Waals surface area contributed by atoms with E-state index in [2.05, 4.69) is 23.7 Å². The van der Waals surface area contributed by atoms with E-state index in [0.717, 1.165) is 56.7 Å². The Hall–Kier alpha value is -1.50. The van der Waals surface area contributed by atoms with Gasteiger partial charge in [-0.15, -0.1) is 0 Å². The van der Waals surface area contributed by atoms with Crippen molar-refractivity contribution in [3.8, 4) is 17.6 Å². The SMILES string of the molecule is CCCCOc1ccc(C#CC2C(O)C3CCN2CC3)cc1. The summed E-state index contributed by atoms with van der Waals surface area (Å²) >= 11 is 0. The standard InChI is InChI=1S/C19H25NO2/c1-2-3-14-22-17-7-4-15(5-8-17)6-9-18-19(21)16-10-12-20(18)13-11-16/h4-5,7-8,16,18-19,21H,2-3,10-14H2,1H3. The zero-order chi connectivity index (χ0) is 15.4. The second kappa shape index (κ2) is 7.17. The van der Waals surface area contributed by atoms with Gasteiger partial charge in [-0.05, 0) is 62.5 Å². The molecule has 0 saturated carbocycles. The highest BCUT2D eigenvalue weighted by Crippen LogP contribution is 2.31. The molecule has 2 atom stereocenters. The zero-order valence-electron chi connectivity index (χ0n) is 13.3. The Bertz CT molecular complexity index is 533. The first-order chi connectivity index (χ1) is 10.8. The molecule has 3 heteroatoms. The van der Waals surface area contributed by atoms with Crippen molar-refractivity contribution in [3.63, 3.8) is 0 Å². The van der Waals surface area contributed by atoms with Crippen LogP contribution in [0.4, 0.5) is 0 Å². The smallest absolute Gasteiger partial charge is 0.119 e. The van der Waals surface area contributed by atoms with Gasteiger partial charge >= 0.3 is 0 Å². The van der Waals surface area contributed by atoms with Gasteiger partial charge in [-0.25, -0.2) is 0 Å². The summed E-state index contributed by atoms with van der Waals surface area (Å²) in [6.45, 7) is 5.08. The average Bonchev–Trinajstić information content (AvgIpc) is 2.56. The van der Waals surface area contributed by atoms with Crippen LogP contribution in [0.2, 0.25) is 0 Å². The molecule has 0 spiro atoms. The summed E-state index contributed by atoms with van der Waals surface area (Å²) in [7, 11) is 0. The van der Waals surface area contributed by atoms with Gasteiger partial charge in [0.1, 0.15) is 5.75 Å². The van der Waals surface area contributed by atoms with Crippen LogP contribution >= 0.6 is 0 Å². The quantitative estimate of drug-likeness (QED) is 0.685. The largest absolute Gasteiger partial charge is 0.494 e. The molecule has 3 aliphatic heterocycles. The van der Waals surface area contributed by atoms with E-state index in [1.807, 2.05) is 24.3 Å². The van der Waals surface area contributed by atoms with Crippen LogP contribution in [-0.2, 0) is 0 Å². The molecule has 2 unspecified atom stereocenters. The lowest BCUT2D eigenvalue weighted by Crippen LogP contribution is -2.57. The van der Waals surface area contributed by atoms with Crippen molar-refractivity contribution in [2.24, 2.45) is 5.92 Å². The number of piperidine rings is 3. The van der Waals surface area contributed by atoms with E-state index in [0.29, 0.717) is 5.92 Å². The van der Waals surface area contributed by atoms with E-state index in [1.165, 1.54) is 0 Å². The van der Waals surface area contributed by atoms with E-state index < -0.39 is 0 Å². The van der Waals surface area contributed by atoms with Gasteiger partial charge in [-0.3, -0.25) is 4.90 Å². The van der Waals surface area contributed by atoms with E-state index in [9.17, 15) is 5.11 Å². The van der Waals surface area contributed by atoms with E-state index in [4.69, 9.17) is 4.74 Å². The lowest BCUT2D eigenvalue weighted by Gasteiger charge is -2.46. The summed E-state index contributed by atoms with van der Waals surface area (Å²) in [6, 6.07) is 7.95. The van der Waals surface area contributed by atoms with Crippen molar-refractivity contribution < 1.29 is 9.84 Å². The maximum Gasteiger partial charge on any atom is 0.119 e. The molecule has 1 aromatic rings. The molecule has 1 aromatic carbocycles. The fourth-order valence-corrected chi connectivity index (χ4v) is 3.32. The summed E-state index contributed by atoms with van der Waals surface area (Å²) in [5.41, 5.74) is 0.984. The van der Waals surface area contributed by atoms with Crippen LogP contribution in [0.3, 0.4) is 0 Å². The molecule has 0 radical (unpaired) electrons. The van der Waals surface area contributed by atoms with Crippen LogP contribution in [-0.4, -0.2) is 41.8 Å². The summed E-state index contributed by atoms with van der Waals surface area (Å²) in [6.07, 6.45) is 4.17. The van der Waals surface area contributed by atoms with Crippen LogP contribution in [0.5, 0.6) is 5.75 Å². The molecule has 0 aliphatic carbocycles. The number of hydrogen-bond donors (Lipinski definition) is 1. The molecule has 3 nitrogen and oxygen atoms in total. The second-order valence-electron chi connectivity index (χ2n) is 6.30. The van der Waals surface area contributed by atoms with Crippen LogP contribution in [0.25, 0.3) is 0 Å². The Balaban J connectivity index is 1.61. The predicted molar refractivity (Wildman–Crippen MR) is 87.8 cm³/mol. The molecule has 3 saturated heterocycles. The first-order valence-corrected chi connectivity index (χ1v) is 8.44. The van der Waals surface area contributed by atoms with Gasteiger partial charge < -0.3 is 9.84 Å². The fourth-order valence-electron chi connectivity index (χ4n) is 3.32. The van der Waals surface area contributed by atoms with Gasteiger partial charge in [0, 0.05) is 5.56 Å². The van der Waals surface area contributed by atoms with Crippen molar-refractivity contribution in [2.75, 3.05) is 19.7 Å². The monoisotopic (exact) mass is 299 g/mol. The molecular formula is C19H25NO2. The first kappa shape index (κ1) is 15.4. The summed E-state index contributed by atoms with van der Waals surface area (Å²) in [5, 5.41) is 10.3. The van der Waals surface area contributed by atoms with E-state index in [1.54, 1.807) is 0 Å². The fraction of sp³-hybridized carbons (Fsp3) is 0.579. The van der Waals surface area contributed by atoms with E-state index >= 15 is 0 Å². The molecule has 2 bridgehead atoms. The van der Waals surface area contributed by atoms with Crippen molar-refractivity contribution in [1.82, 2.24) is 4.90 Å². The van der Waals surface area contributed by atoms with E-state index in [-0.39, 0.29) is 12.1 Å². The maximum atomic E-state index is 10.3. The average molecular weight is 299 g/mol. The number of benzene rings is 1. The summed E-state index contributed by atoms with van der Waals surface area (Å²) in [4.78, 5) is 2.32. The van der Waals surface area contributed by atoms with Crippen LogP contribution < -0.4 is 4.74 Å². The predicted octanol–water partition coefficient (Wildman–Crippen LogP) is 2.67. The molecule has 3 fully saturated rings. The topological polar surface area (TPSA) is 32.7 Å². The molecule has 4 rings (SSSR count). The van der Waals surface area contributed by atoms with Crippen molar-refractivity contribution in [2.45, 2.75) is 44.8 Å². The molecule has 3 aliphatic rings. The minimum atomic E-state index is -0.286. The van der Waals surface area contributed by atoms with Gasteiger partial charge in [0.15, 0.2) is 0 Å². The Morgan fingerprint density at radius 2 is 1.95 bits per heavy atom. The third kappa shape index (κ3) is 3.45. The highest BCUT2D eigenvalue weighted by Gasteiger charge is 2.40. The minimum absolute atomic E-state index is 0.00739. The highest BCUT2D eigenvalue weighted by atomic mass is 16.5. The number of fused-ring (bicyclic) bond motifs is 3. The Kier molecular flexibility index (Phi) is 5.02. The van der Waals surface area contributed by atoms with Gasteiger partial charge in [0.25, 0.3) is 0 Å². The number of ether oxygens (including phenoxy) is 1. The Morgan fingerprint density at radius 3 is 2.59 bits per heavy atom. The third-order valence-corrected chi connectivity index (χ3v) is 4.76. The third-order valence-electron chi connectivity index (χ3n) is 4.76. The number of hydrogen-bond acceptors (Lipinski definition) is 3. The number of rotatable bonds is 4. The number of unbranched alkanes of at least 4 members (excludes halogenated alkanes) is 1. The van der Waals surface area contributed by atoms with Crippen LogP contribution in [0.15, 0.2) is 24.3 Å². The summed E-state index contributed by atoms with van der Waals surface area (Å²) < 4.78 is 5.66. The van der Waals surface area contributed by atoms with Crippen molar-refractivity contribution >= 4 is 0 Å². The van der Waals surface area contributed by atoms with Crippen molar-refractivity contribution in [1.29, 1.82) is 0 Å². The number of nitrogens with zero attached hydrogens (tertiary/aromatic N) is 1. The van der Waals surface area contributed by atoms with Crippen LogP contribution in [0, 0.1) is 17.8 Å². The normalized spacial score (nSPS) is 29.7. The number of aliphatic hydroxyl groups excluding tert-OH is 1. The number of aliphatic hydroxyl groups is 1. The minimum Gasteiger partial charge on any atom is -0.494 e. The molecular weight excluding hydrogens is 274 g/mol. The van der Waals surface area contributed by atoms with Gasteiger partial charge in [0.2, 0.25) is 0 Å². The lowest BCUT2D eigenvalue weighted by atomic mass is 9.81. The lowest BCUT2D eigenvalue weighted by molar-refractivity contribution is -0.0500. The van der Waals surface area contributed by atoms with Crippen molar-refractivity contribution in [3.05, 3.63) is 29.8 Å². The van der Waals surface area contributed by atoms with Gasteiger partial charge in [-0.2, -0.15) is 0 Å². The first-order valence-electron chi connectivity index (χ1n) is 8.44. The molecule has 1 N–H and O–H groups in total. The van der Waals surface area contributed by atoms with Gasteiger partial charge in [-0.1, -0.05) is 25.2 Å². The van der Waals surface area contributed by atoms with Gasteiger partial charge in [0.05, 0.1) is 18.8 Å². The zero-order valence-corrected chi connectivity index (χ0v) is 13.3. The molecule has 0 aromatic heterocycles.